The zero-order valence-electron chi connectivity index (χ0n) is 2.05. The summed E-state index contributed by atoms with van der Waals surface area (Å²) in [6, 6.07) is 0. The molecule has 0 aromatic carbocycles. The first-order valence-electron chi connectivity index (χ1n) is 0. The Hall–Kier alpha value is 2.26. The van der Waals surface area contributed by atoms with Crippen LogP contribution in [0, 0.1) is 0 Å². The van der Waals surface area contributed by atoms with Crippen LogP contribution in [0.3, 0.4) is 0 Å². The maximum atomic E-state index is 0. The molecule has 4 heavy (non-hydrogen) atoms. The fraction of sp³-hybridized carbons (Fsp3) is 0. The van der Waals surface area contributed by atoms with Crippen LogP contribution in [0.1, 0.15) is 0 Å². The number of hydrogen-bond acceptors (Lipinski definition) is 0. The smallest absolute Gasteiger partial charge is 3.00 e. The minimum atomic E-state index is 0. The van der Waals surface area contributed by atoms with Crippen LogP contribution in [0.5, 0.6) is 0 Å². The van der Waals surface area contributed by atoms with E-state index in [1.807, 2.05) is 0 Å². The van der Waals surface area contributed by atoms with Gasteiger partial charge in [0.1, 0.15) is 0 Å². The molecule has 0 aliphatic rings. The van der Waals surface area contributed by atoms with E-state index in [1.165, 1.54) is 0 Å². The van der Waals surface area contributed by atoms with Gasteiger partial charge in [-0.15, -0.1) is 0 Å². The molecule has 0 spiro atoms. The van der Waals surface area contributed by atoms with Crippen molar-refractivity contribution in [2.24, 2.45) is 0 Å². The van der Waals surface area contributed by atoms with E-state index >= 15 is 0 Å². The summed E-state index contributed by atoms with van der Waals surface area (Å²) in [6.07, 6.45) is 0. The van der Waals surface area contributed by atoms with Crippen molar-refractivity contribution in [3.63, 3.8) is 0 Å². The minimum absolute atomic E-state index is 0. The summed E-state index contributed by atoms with van der Waals surface area (Å²) < 4.78 is 0. The summed E-state index contributed by atoms with van der Waals surface area (Å²) in [4.78, 5) is 0. The van der Waals surface area contributed by atoms with Gasteiger partial charge >= 0.3 is 43.2 Å². The Balaban J connectivity index is 0. The molecule has 0 aliphatic carbocycles. The molecule has 16 valence electrons. The van der Waals surface area contributed by atoms with Crippen LogP contribution >= 0.6 is 19.8 Å². The standard InChI is InChI=1S/Al.In.2P/q2*+3;2*-3. The van der Waals surface area contributed by atoms with Crippen molar-refractivity contribution in [3.05, 3.63) is 0 Å². The van der Waals surface area contributed by atoms with Gasteiger partial charge in [0.15, 0.2) is 0 Å². The molecule has 0 bridgehead atoms. The Morgan fingerprint density at radius 2 is 0.750 bits per heavy atom. The molecule has 0 nitrogen and oxygen atoms in total. The first-order chi connectivity index (χ1) is 0. The normalized spacial score (nSPS) is 0. The van der Waals surface area contributed by atoms with Crippen molar-refractivity contribution in [1.29, 1.82) is 0 Å². The maximum absolute atomic E-state index is 0. The minimum Gasteiger partial charge on any atom is -3.00 e. The van der Waals surface area contributed by atoms with Crippen molar-refractivity contribution in [1.82, 2.24) is 0 Å². The molecule has 0 unspecified atom stereocenters. The van der Waals surface area contributed by atoms with Crippen molar-refractivity contribution < 1.29 is 0 Å². The SMILES string of the molecule is [Al+3].[In+3].[P-3].[P-3]. The molecule has 0 rings (SSSR count). The zero-order chi connectivity index (χ0) is 0. The van der Waals surface area contributed by atoms with Crippen LogP contribution in [0.25, 0.3) is 0 Å². The second kappa shape index (κ2) is 18.7. The topological polar surface area (TPSA) is 0 Å². The van der Waals surface area contributed by atoms with Crippen LogP contribution in [-0.4, -0.2) is 43.2 Å². The van der Waals surface area contributed by atoms with Gasteiger partial charge in [0.2, 0.25) is 0 Å². The summed E-state index contributed by atoms with van der Waals surface area (Å²) in [7, 11) is 0. The molecule has 0 amide bonds. The van der Waals surface area contributed by atoms with Gasteiger partial charge in [0, 0.05) is 0 Å². The molecule has 0 aromatic heterocycles. The molecule has 4 heteroatoms. The van der Waals surface area contributed by atoms with Gasteiger partial charge in [-0.05, 0) is 0 Å². The molecule has 0 aromatic rings. The van der Waals surface area contributed by atoms with E-state index in [-0.39, 0.29) is 63.0 Å². The summed E-state index contributed by atoms with van der Waals surface area (Å²) in [5.74, 6) is 0. The van der Waals surface area contributed by atoms with Crippen LogP contribution in [-0.2, 0) is 0 Å². The van der Waals surface area contributed by atoms with Crippen molar-refractivity contribution in [3.8, 4) is 0 Å². The van der Waals surface area contributed by atoms with E-state index in [4.69, 9.17) is 0 Å². The van der Waals surface area contributed by atoms with E-state index in [9.17, 15) is 0 Å². The van der Waals surface area contributed by atoms with E-state index in [0.29, 0.717) is 0 Å². The third-order valence-corrected chi connectivity index (χ3v) is 0. The molecule has 0 fully saturated rings. The Morgan fingerprint density at radius 3 is 0.750 bits per heavy atom. The van der Waals surface area contributed by atoms with Crippen LogP contribution in [0.2, 0.25) is 0 Å². The van der Waals surface area contributed by atoms with E-state index in [2.05, 4.69) is 0 Å². The van der Waals surface area contributed by atoms with Gasteiger partial charge in [0.25, 0.3) is 0 Å². The molecule has 0 atom stereocenters. The van der Waals surface area contributed by atoms with Crippen molar-refractivity contribution >= 4 is 63.0 Å². The predicted molar refractivity (Wildman–Crippen MR) is 25.3 cm³/mol. The van der Waals surface area contributed by atoms with Gasteiger partial charge < -0.3 is 19.8 Å². The fourth-order valence-corrected chi connectivity index (χ4v) is 0. The van der Waals surface area contributed by atoms with Crippen LogP contribution < -0.4 is 0 Å². The maximum Gasteiger partial charge on any atom is 3.00 e. The Kier molecular flexibility index (Phi) is 158. The number of hydrogen-bond donors (Lipinski definition) is 0. The Morgan fingerprint density at radius 1 is 0.750 bits per heavy atom. The first kappa shape index (κ1) is 33.9. The molecular weight excluding hydrogens is 204 g/mol. The third kappa shape index (κ3) is 8.86. The molecule has 0 saturated carbocycles. The average molecular weight is 204 g/mol. The number of rotatable bonds is 0. The summed E-state index contributed by atoms with van der Waals surface area (Å²) in [5, 5.41) is 0. The molecule has 0 saturated heterocycles. The molecule has 0 N–H and O–H groups in total. The van der Waals surface area contributed by atoms with Gasteiger partial charge in [0.05, 0.1) is 0 Å². The molecule has 0 heterocycles. The Labute approximate surface area is 62.7 Å². The van der Waals surface area contributed by atoms with Crippen molar-refractivity contribution in [2.75, 3.05) is 0 Å². The fourth-order valence-electron chi connectivity index (χ4n) is 0. The van der Waals surface area contributed by atoms with E-state index in [1.54, 1.807) is 0 Å². The van der Waals surface area contributed by atoms with Crippen molar-refractivity contribution in [2.45, 2.75) is 0 Å². The second-order valence-corrected chi connectivity index (χ2v) is 0. The van der Waals surface area contributed by atoms with Crippen LogP contribution in [0.15, 0.2) is 0 Å². The average Bonchev–Trinajstić information content (AvgIpc) is 0. The quantitative estimate of drug-likeness (QED) is 0.407. The summed E-state index contributed by atoms with van der Waals surface area (Å²) in [6.45, 7) is 0. The monoisotopic (exact) mass is 204 g/mol. The van der Waals surface area contributed by atoms with Gasteiger partial charge in [-0.2, -0.15) is 0 Å². The molecule has 0 aliphatic heterocycles. The van der Waals surface area contributed by atoms with Crippen LogP contribution in [0.4, 0.5) is 0 Å². The second-order valence-electron chi connectivity index (χ2n) is 0. The predicted octanol–water partition coefficient (Wildman–Crippen LogP) is 0.961. The largest absolute Gasteiger partial charge is 3.00 e. The summed E-state index contributed by atoms with van der Waals surface area (Å²) >= 11 is 0. The van der Waals surface area contributed by atoms with Gasteiger partial charge in [-0.3, -0.25) is 0 Å². The molecular formula is AlInP2. The Bertz CT molecular complexity index is 6.00. The third-order valence-electron chi connectivity index (χ3n) is 0. The van der Waals surface area contributed by atoms with Gasteiger partial charge in [-0.1, -0.05) is 0 Å². The van der Waals surface area contributed by atoms with E-state index < -0.39 is 0 Å². The summed E-state index contributed by atoms with van der Waals surface area (Å²) in [5.41, 5.74) is 0. The van der Waals surface area contributed by atoms with E-state index in [0.717, 1.165) is 0 Å². The zero-order valence-corrected chi connectivity index (χ0v) is 8.29. The van der Waals surface area contributed by atoms with Gasteiger partial charge in [-0.25, -0.2) is 0 Å². The molecule has 0 radical (unpaired) electrons. The first-order valence-corrected chi connectivity index (χ1v) is 0.